The molecule has 1 saturated heterocycles. The van der Waals surface area contributed by atoms with E-state index in [4.69, 9.17) is 42.9 Å². The first-order valence-corrected chi connectivity index (χ1v) is 28.1. The van der Waals surface area contributed by atoms with Crippen LogP contribution in [0.1, 0.15) is 54.8 Å². The van der Waals surface area contributed by atoms with Gasteiger partial charge < -0.3 is 58.7 Å². The molecule has 0 bridgehead atoms. The van der Waals surface area contributed by atoms with Crippen LogP contribution in [0, 0.1) is 5.82 Å². The number of hydrogen-bond acceptors (Lipinski definition) is 16. The van der Waals surface area contributed by atoms with Gasteiger partial charge in [0, 0.05) is 93.9 Å². The maximum Gasteiger partial charge on any atom is 0.241 e. The zero-order valence-electron chi connectivity index (χ0n) is 47.6. The molecule has 436 valence electrons. The zero-order valence-corrected chi connectivity index (χ0v) is 47.6. The molecule has 0 saturated carbocycles. The second kappa shape index (κ2) is 33.5. The van der Waals surface area contributed by atoms with Crippen LogP contribution in [0.3, 0.4) is 0 Å². The number of aromatic nitrogens is 2. The Balaban J connectivity index is 0.679. The van der Waals surface area contributed by atoms with Gasteiger partial charge in [-0.25, -0.2) is 4.39 Å². The van der Waals surface area contributed by atoms with Crippen LogP contribution in [0.5, 0.6) is 0 Å². The highest BCUT2D eigenvalue weighted by molar-refractivity contribution is 5.98. The van der Waals surface area contributed by atoms with E-state index >= 15 is 0 Å². The number of pyridine rings is 2. The average molecular weight is 1110 g/mol. The Bertz CT molecular complexity index is 2620. The summed E-state index contributed by atoms with van der Waals surface area (Å²) in [6.07, 6.45) is 4.11. The highest BCUT2D eigenvalue weighted by Gasteiger charge is 2.41. The smallest absolute Gasteiger partial charge is 0.241 e. The van der Waals surface area contributed by atoms with Gasteiger partial charge >= 0.3 is 0 Å². The lowest BCUT2D eigenvalue weighted by Gasteiger charge is -2.39. The first kappa shape index (κ1) is 62.2. The van der Waals surface area contributed by atoms with Crippen molar-refractivity contribution >= 4 is 34.0 Å². The molecular weight excluding hydrogens is 1020 g/mol. The number of piperazine rings is 1. The fourth-order valence-electron chi connectivity index (χ4n) is 9.82. The Morgan fingerprint density at radius 2 is 1.44 bits per heavy atom. The van der Waals surface area contributed by atoms with Gasteiger partial charge in [-0.2, -0.15) is 0 Å². The summed E-state index contributed by atoms with van der Waals surface area (Å²) in [5, 5.41) is 12.0. The van der Waals surface area contributed by atoms with Gasteiger partial charge in [-0.3, -0.25) is 29.4 Å². The van der Waals surface area contributed by atoms with Crippen molar-refractivity contribution in [3.05, 3.63) is 131 Å². The largest absolute Gasteiger partial charge is 0.383 e. The number of nitrogens with zero attached hydrogens (tertiary/aromatic N) is 5. The monoisotopic (exact) mass is 1110 g/mol. The molecule has 3 aromatic carbocycles. The van der Waals surface area contributed by atoms with Gasteiger partial charge in [-0.15, -0.1) is 0 Å². The summed E-state index contributed by atoms with van der Waals surface area (Å²) in [5.74, 6) is -0.673. The van der Waals surface area contributed by atoms with Crippen LogP contribution < -0.4 is 20.9 Å². The highest BCUT2D eigenvalue weighted by atomic mass is 19.1. The molecule has 2 aliphatic heterocycles. The van der Waals surface area contributed by atoms with Crippen molar-refractivity contribution in [1.29, 1.82) is 0 Å². The number of nitrogens with one attached hydrogen (secondary N) is 3. The summed E-state index contributed by atoms with van der Waals surface area (Å²) in [6.45, 7) is 18.3. The minimum Gasteiger partial charge on any atom is -0.383 e. The lowest BCUT2D eigenvalue weighted by molar-refractivity contribution is -0.121. The second-order valence-electron chi connectivity index (χ2n) is 21.1. The van der Waals surface area contributed by atoms with Crippen molar-refractivity contribution in [3.8, 4) is 0 Å². The predicted molar refractivity (Wildman–Crippen MR) is 308 cm³/mol. The number of rotatable bonds is 37. The molecule has 0 radical (unpaired) electrons. The molecular formula is C61H85FN8O10. The van der Waals surface area contributed by atoms with E-state index in [1.807, 2.05) is 71.6 Å². The standard InChI is InChI=1S/C61H85FN8O10/c1-46-41-69(54(39-65-46)44-73-5)43-58(71)70-45-61(2,3)59-57(70)37-51(35-47-11-14-52(62)15-12-47)56(67-59)42-68(4)20-22-75-24-26-77-28-30-79-32-34-80-33-31-78-29-27-76-25-23-74-21-19-64-40-55(48-9-7-6-8-10-48)60(72)66-53-16-13-50-38-63-18-17-49(50)36-53/h6-18,36-38,46,54-55,64-65H,19-35,39-45H2,1-5H3,(H,66,72)/t46-,54-,55-/m1/s1. The van der Waals surface area contributed by atoms with Crippen molar-refractivity contribution in [2.45, 2.75) is 57.2 Å². The summed E-state index contributed by atoms with van der Waals surface area (Å²) in [4.78, 5) is 43.3. The molecule has 19 heteroatoms. The Labute approximate surface area is 472 Å². The summed E-state index contributed by atoms with van der Waals surface area (Å²) in [5.41, 5.74) is 6.03. The van der Waals surface area contributed by atoms with E-state index in [2.05, 4.69) is 64.6 Å². The van der Waals surface area contributed by atoms with E-state index in [0.29, 0.717) is 145 Å². The van der Waals surface area contributed by atoms with Crippen molar-refractivity contribution in [3.63, 3.8) is 0 Å². The summed E-state index contributed by atoms with van der Waals surface area (Å²) >= 11 is 0. The van der Waals surface area contributed by atoms with Crippen molar-refractivity contribution in [2.75, 3.05) is 169 Å². The van der Waals surface area contributed by atoms with Crippen LogP contribution in [-0.2, 0) is 65.9 Å². The fourth-order valence-corrected chi connectivity index (χ4v) is 9.82. The number of carbonyl (C=O) groups excluding carboxylic acids is 2. The van der Waals surface area contributed by atoms with Crippen LogP contribution >= 0.6 is 0 Å². The number of hydrogen-bond donors (Lipinski definition) is 3. The maximum atomic E-state index is 14.1. The number of benzene rings is 3. The van der Waals surface area contributed by atoms with E-state index < -0.39 is 0 Å². The third-order valence-electron chi connectivity index (χ3n) is 14.2. The third-order valence-corrected chi connectivity index (χ3v) is 14.2. The van der Waals surface area contributed by atoms with Gasteiger partial charge in [-0.05, 0) is 78.9 Å². The molecule has 2 aromatic heterocycles. The number of fused-ring (bicyclic) bond motifs is 2. The molecule has 2 aliphatic rings. The molecule has 2 amide bonds. The highest BCUT2D eigenvalue weighted by Crippen LogP contribution is 2.41. The van der Waals surface area contributed by atoms with E-state index in [0.717, 1.165) is 63.3 Å². The number of ether oxygens (including phenoxy) is 8. The van der Waals surface area contributed by atoms with Crippen molar-refractivity contribution in [2.24, 2.45) is 0 Å². The molecule has 7 rings (SSSR count). The number of carbonyl (C=O) groups is 2. The number of halogens is 1. The Morgan fingerprint density at radius 3 is 2.09 bits per heavy atom. The van der Waals surface area contributed by atoms with Gasteiger partial charge in [0.2, 0.25) is 11.8 Å². The van der Waals surface area contributed by atoms with Crippen LogP contribution in [0.2, 0.25) is 0 Å². The number of anilines is 2. The van der Waals surface area contributed by atoms with Crippen LogP contribution in [-0.4, -0.2) is 203 Å². The molecule has 4 heterocycles. The van der Waals surface area contributed by atoms with Crippen molar-refractivity contribution in [1.82, 2.24) is 30.4 Å². The lowest BCUT2D eigenvalue weighted by atomic mass is 9.90. The van der Waals surface area contributed by atoms with Crippen LogP contribution in [0.15, 0.2) is 97.3 Å². The maximum absolute atomic E-state index is 14.1. The summed E-state index contributed by atoms with van der Waals surface area (Å²) in [6, 6.07) is 26.6. The molecule has 18 nitrogen and oxygen atoms in total. The number of likely N-dealkylation sites (N-methyl/N-ethyl adjacent to an activating group) is 1. The van der Waals surface area contributed by atoms with Crippen LogP contribution in [0.25, 0.3) is 10.8 Å². The van der Waals surface area contributed by atoms with Gasteiger partial charge in [0.15, 0.2) is 0 Å². The lowest BCUT2D eigenvalue weighted by Crippen LogP contribution is -2.59. The summed E-state index contributed by atoms with van der Waals surface area (Å²) < 4.78 is 59.3. The van der Waals surface area contributed by atoms with Gasteiger partial charge in [0.25, 0.3) is 0 Å². The first-order valence-electron chi connectivity index (χ1n) is 28.1. The molecule has 0 unspecified atom stereocenters. The SMILES string of the molecule is COC[C@H]1CN[C@H](C)CN1CC(=O)N1CC(C)(C)c2nc(CN(C)CCOCCOCCOCCOCCOCCOCCOCCNC[C@@H](C(=O)Nc3ccc4cnccc4c3)c3ccccc3)c(Cc3ccc(F)cc3)cc21. The molecule has 1 fully saturated rings. The fraction of sp³-hybridized carbons (Fsp3) is 0.541. The average Bonchev–Trinajstić information content (AvgIpc) is 3.75. The minimum atomic E-state index is -0.369. The van der Waals surface area contributed by atoms with Gasteiger partial charge in [-0.1, -0.05) is 62.4 Å². The molecule has 0 spiro atoms. The van der Waals surface area contributed by atoms with E-state index in [1.54, 1.807) is 19.5 Å². The molecule has 0 aliphatic carbocycles. The van der Waals surface area contributed by atoms with Gasteiger partial charge in [0.1, 0.15) is 5.82 Å². The molecule has 5 aromatic rings. The first-order chi connectivity index (χ1) is 39.0. The predicted octanol–water partition coefficient (Wildman–Crippen LogP) is 5.85. The second-order valence-corrected chi connectivity index (χ2v) is 21.1. The minimum absolute atomic E-state index is 0.0520. The third kappa shape index (κ3) is 20.2. The number of methoxy groups -OCH3 is 1. The topological polar surface area (TPSA) is 180 Å². The zero-order chi connectivity index (χ0) is 56.4. The Kier molecular flexibility index (Phi) is 26.1. The van der Waals surface area contributed by atoms with E-state index in [-0.39, 0.29) is 41.0 Å². The van der Waals surface area contributed by atoms with Gasteiger partial charge in [0.05, 0.1) is 129 Å². The molecule has 3 N–H and O–H groups in total. The van der Waals surface area contributed by atoms with E-state index in [1.165, 1.54) is 12.1 Å². The molecule has 80 heavy (non-hydrogen) atoms. The van der Waals surface area contributed by atoms with Crippen molar-refractivity contribution < 1.29 is 51.9 Å². The Morgan fingerprint density at radius 1 is 0.800 bits per heavy atom. The summed E-state index contributed by atoms with van der Waals surface area (Å²) in [7, 11) is 3.75. The number of amides is 2. The normalized spacial score (nSPS) is 16.6. The quantitative estimate of drug-likeness (QED) is 0.0403. The Hall–Kier alpha value is -5.39. The molecule has 3 atom stereocenters. The van der Waals surface area contributed by atoms with E-state index in [9.17, 15) is 14.0 Å². The van der Waals surface area contributed by atoms with Crippen LogP contribution in [0.4, 0.5) is 15.8 Å².